The summed E-state index contributed by atoms with van der Waals surface area (Å²) in [7, 11) is 0. The van der Waals surface area contributed by atoms with Crippen molar-refractivity contribution in [3.05, 3.63) is 54.4 Å². The Morgan fingerprint density at radius 2 is 1.81 bits per heavy atom. The van der Waals surface area contributed by atoms with Crippen LogP contribution in [-0.4, -0.2) is 41.7 Å². The van der Waals surface area contributed by atoms with Crippen LogP contribution < -0.4 is 14.8 Å². The molecule has 136 valence electrons. The third-order valence-electron chi connectivity index (χ3n) is 3.82. The Morgan fingerprint density at radius 3 is 2.67 bits per heavy atom. The molecule has 3 aromatic rings. The summed E-state index contributed by atoms with van der Waals surface area (Å²) in [5.41, 5.74) is 1.81. The molecule has 0 fully saturated rings. The van der Waals surface area contributed by atoms with Crippen molar-refractivity contribution in [3.8, 4) is 11.5 Å². The molecule has 0 bridgehead atoms. The molecule has 0 aliphatic carbocycles. The van der Waals surface area contributed by atoms with E-state index < -0.39 is 18.5 Å². The van der Waals surface area contributed by atoms with E-state index in [9.17, 15) is 9.59 Å². The fraction of sp³-hybridized carbons (Fsp3) is 0.158. The number of aromatic nitrogens is 2. The van der Waals surface area contributed by atoms with E-state index in [1.807, 2.05) is 6.07 Å². The highest BCUT2D eigenvalue weighted by Gasteiger charge is 2.15. The molecule has 0 spiro atoms. The van der Waals surface area contributed by atoms with Gasteiger partial charge in [0, 0.05) is 11.8 Å². The second kappa shape index (κ2) is 7.28. The minimum atomic E-state index is -0.717. The van der Waals surface area contributed by atoms with Crippen LogP contribution >= 0.6 is 0 Å². The minimum Gasteiger partial charge on any atom is -0.486 e. The quantitative estimate of drug-likeness (QED) is 0.708. The van der Waals surface area contributed by atoms with Crippen LogP contribution in [0.1, 0.15) is 10.5 Å². The van der Waals surface area contributed by atoms with Gasteiger partial charge in [0.15, 0.2) is 23.8 Å². The van der Waals surface area contributed by atoms with Crippen molar-refractivity contribution in [2.45, 2.75) is 0 Å². The SMILES string of the molecule is O=C(COC(=O)c1cnc2ccccc2n1)Nc1ccc2c(c1)OCCO2. The molecule has 8 heteroatoms. The van der Waals surface area contributed by atoms with E-state index in [4.69, 9.17) is 14.2 Å². The number of hydrogen-bond acceptors (Lipinski definition) is 7. The molecular weight excluding hydrogens is 350 g/mol. The fourth-order valence-electron chi connectivity index (χ4n) is 2.58. The predicted molar refractivity (Wildman–Crippen MR) is 95.9 cm³/mol. The third-order valence-corrected chi connectivity index (χ3v) is 3.82. The number of rotatable bonds is 4. The lowest BCUT2D eigenvalue weighted by Crippen LogP contribution is -2.22. The van der Waals surface area contributed by atoms with E-state index in [0.29, 0.717) is 41.4 Å². The molecule has 2 heterocycles. The van der Waals surface area contributed by atoms with Gasteiger partial charge in [0.2, 0.25) is 0 Å². The summed E-state index contributed by atoms with van der Waals surface area (Å²) in [6, 6.07) is 12.2. The fourth-order valence-corrected chi connectivity index (χ4v) is 2.58. The van der Waals surface area contributed by atoms with E-state index in [2.05, 4.69) is 15.3 Å². The smallest absolute Gasteiger partial charge is 0.359 e. The number of carbonyl (C=O) groups excluding carboxylic acids is 2. The lowest BCUT2D eigenvalue weighted by molar-refractivity contribution is -0.119. The summed E-state index contributed by atoms with van der Waals surface area (Å²) in [5.74, 6) is -0.0117. The van der Waals surface area contributed by atoms with E-state index in [1.165, 1.54) is 6.20 Å². The maximum absolute atomic E-state index is 12.1. The number of anilines is 1. The Bertz CT molecular complexity index is 1020. The number of hydrogen-bond donors (Lipinski definition) is 1. The lowest BCUT2D eigenvalue weighted by Gasteiger charge is -2.19. The Hall–Kier alpha value is -3.68. The van der Waals surface area contributed by atoms with E-state index >= 15 is 0 Å². The van der Waals surface area contributed by atoms with Crippen LogP contribution in [0.5, 0.6) is 11.5 Å². The molecule has 0 radical (unpaired) electrons. The number of amides is 1. The van der Waals surface area contributed by atoms with Gasteiger partial charge < -0.3 is 19.5 Å². The van der Waals surface area contributed by atoms with Crippen molar-refractivity contribution in [3.63, 3.8) is 0 Å². The molecule has 1 aliphatic heterocycles. The van der Waals surface area contributed by atoms with Crippen molar-refractivity contribution in [2.75, 3.05) is 25.1 Å². The molecule has 1 amide bonds. The summed E-state index contributed by atoms with van der Waals surface area (Å²) >= 11 is 0. The van der Waals surface area contributed by atoms with Gasteiger partial charge in [-0.1, -0.05) is 12.1 Å². The highest BCUT2D eigenvalue weighted by molar-refractivity contribution is 5.95. The lowest BCUT2D eigenvalue weighted by atomic mass is 10.2. The maximum Gasteiger partial charge on any atom is 0.359 e. The second-order valence-electron chi connectivity index (χ2n) is 5.73. The molecule has 0 saturated carbocycles. The number of nitrogens with zero attached hydrogens (tertiary/aromatic N) is 2. The first-order chi connectivity index (χ1) is 13.2. The zero-order valence-corrected chi connectivity index (χ0v) is 14.2. The van der Waals surface area contributed by atoms with Gasteiger partial charge in [-0.05, 0) is 24.3 Å². The van der Waals surface area contributed by atoms with Crippen molar-refractivity contribution < 1.29 is 23.8 Å². The van der Waals surface area contributed by atoms with Gasteiger partial charge in [0.25, 0.3) is 5.91 Å². The molecule has 2 aromatic carbocycles. The largest absolute Gasteiger partial charge is 0.486 e. The van der Waals surface area contributed by atoms with Crippen LogP contribution in [0.4, 0.5) is 5.69 Å². The molecule has 8 nitrogen and oxygen atoms in total. The molecule has 27 heavy (non-hydrogen) atoms. The zero-order chi connectivity index (χ0) is 18.6. The Morgan fingerprint density at radius 1 is 1.04 bits per heavy atom. The average molecular weight is 365 g/mol. The first-order valence-corrected chi connectivity index (χ1v) is 8.27. The van der Waals surface area contributed by atoms with Gasteiger partial charge in [0.1, 0.15) is 13.2 Å². The van der Waals surface area contributed by atoms with Crippen LogP contribution in [0.2, 0.25) is 0 Å². The van der Waals surface area contributed by atoms with Gasteiger partial charge >= 0.3 is 5.97 Å². The Labute approximate surface area is 154 Å². The second-order valence-corrected chi connectivity index (χ2v) is 5.73. The van der Waals surface area contributed by atoms with Crippen LogP contribution in [0.15, 0.2) is 48.7 Å². The topological polar surface area (TPSA) is 99.6 Å². The summed E-state index contributed by atoms with van der Waals surface area (Å²) in [5, 5.41) is 2.64. The highest BCUT2D eigenvalue weighted by Crippen LogP contribution is 2.32. The Kier molecular flexibility index (Phi) is 4.52. The normalized spacial score (nSPS) is 12.4. The van der Waals surface area contributed by atoms with Crippen LogP contribution in [0.25, 0.3) is 11.0 Å². The molecular formula is C19H15N3O5. The molecule has 1 aromatic heterocycles. The van der Waals surface area contributed by atoms with Crippen LogP contribution in [0.3, 0.4) is 0 Å². The zero-order valence-electron chi connectivity index (χ0n) is 14.2. The van der Waals surface area contributed by atoms with Gasteiger partial charge in [-0.3, -0.25) is 9.78 Å². The predicted octanol–water partition coefficient (Wildman–Crippen LogP) is 2.20. The summed E-state index contributed by atoms with van der Waals surface area (Å²) in [6.45, 7) is 0.503. The number of ether oxygens (including phenoxy) is 3. The number of esters is 1. The van der Waals surface area contributed by atoms with Gasteiger partial charge in [-0.2, -0.15) is 0 Å². The number of benzene rings is 2. The van der Waals surface area contributed by atoms with Gasteiger partial charge in [-0.15, -0.1) is 0 Å². The van der Waals surface area contributed by atoms with E-state index in [0.717, 1.165) is 0 Å². The van der Waals surface area contributed by atoms with Crippen molar-refractivity contribution in [1.82, 2.24) is 9.97 Å². The van der Waals surface area contributed by atoms with Gasteiger partial charge in [0.05, 0.1) is 17.2 Å². The molecule has 4 rings (SSSR count). The summed E-state index contributed by atoms with van der Waals surface area (Å²) in [4.78, 5) is 32.5. The maximum atomic E-state index is 12.1. The monoisotopic (exact) mass is 365 g/mol. The highest BCUT2D eigenvalue weighted by atomic mass is 16.6. The van der Waals surface area contributed by atoms with E-state index in [1.54, 1.807) is 36.4 Å². The van der Waals surface area contributed by atoms with E-state index in [-0.39, 0.29) is 5.69 Å². The number of para-hydroxylation sites is 2. The molecule has 1 aliphatic rings. The van der Waals surface area contributed by atoms with Crippen molar-refractivity contribution >= 4 is 28.6 Å². The first kappa shape index (κ1) is 16.8. The number of nitrogens with one attached hydrogen (secondary N) is 1. The first-order valence-electron chi connectivity index (χ1n) is 8.27. The molecule has 0 saturated heterocycles. The average Bonchev–Trinajstić information content (AvgIpc) is 2.71. The molecule has 0 unspecified atom stereocenters. The van der Waals surface area contributed by atoms with Crippen LogP contribution in [-0.2, 0) is 9.53 Å². The third kappa shape index (κ3) is 3.79. The van der Waals surface area contributed by atoms with Gasteiger partial charge in [-0.25, -0.2) is 9.78 Å². The molecule has 1 N–H and O–H groups in total. The number of fused-ring (bicyclic) bond motifs is 2. The summed E-state index contributed by atoms with van der Waals surface area (Å²) in [6.07, 6.45) is 1.32. The Balaban J connectivity index is 1.36. The van der Waals surface area contributed by atoms with Crippen molar-refractivity contribution in [1.29, 1.82) is 0 Å². The van der Waals surface area contributed by atoms with Crippen LogP contribution in [0, 0.1) is 0 Å². The van der Waals surface area contributed by atoms with Crippen molar-refractivity contribution in [2.24, 2.45) is 0 Å². The summed E-state index contributed by atoms with van der Waals surface area (Å²) < 4.78 is 15.9. The molecule has 0 atom stereocenters. The standard InChI is InChI=1S/C19H15N3O5/c23-18(21-12-5-6-16-17(9-12)26-8-7-25-16)11-27-19(24)15-10-20-13-3-1-2-4-14(13)22-15/h1-6,9-10H,7-8,11H2,(H,21,23). The number of carbonyl (C=O) groups is 2. The minimum absolute atomic E-state index is 0.0424.